The summed E-state index contributed by atoms with van der Waals surface area (Å²) in [5, 5.41) is 0. The molecule has 0 bridgehead atoms. The van der Waals surface area contributed by atoms with Crippen LogP contribution >= 0.6 is 0 Å². The Morgan fingerprint density at radius 2 is 1.45 bits per heavy atom. The maximum Gasteiger partial charge on any atom is 0.259 e. The number of benzene rings is 2. The topological polar surface area (TPSA) is 43.9 Å². The number of anilines is 1. The molecule has 1 saturated carbocycles. The normalized spacial score (nSPS) is 22.4. The molecular weight excluding hydrogens is 386 g/mol. The Balaban J connectivity index is 1.32. The molecule has 1 aliphatic carbocycles. The maximum absolute atomic E-state index is 13.6. The van der Waals surface area contributed by atoms with E-state index in [1.807, 2.05) is 59.5 Å². The third-order valence-corrected chi connectivity index (χ3v) is 7.22. The summed E-state index contributed by atoms with van der Waals surface area (Å²) in [6.07, 6.45) is 7.22. The molecule has 3 aliphatic rings. The highest BCUT2D eigenvalue weighted by molar-refractivity contribution is 6.11. The van der Waals surface area contributed by atoms with Gasteiger partial charge in [-0.1, -0.05) is 55.7 Å². The highest BCUT2D eigenvalue weighted by Gasteiger charge is 2.41. The van der Waals surface area contributed by atoms with Crippen LogP contribution in [0.3, 0.4) is 0 Å². The van der Waals surface area contributed by atoms with E-state index in [1.54, 1.807) is 4.90 Å². The number of para-hydroxylation sites is 1. The van der Waals surface area contributed by atoms with E-state index in [-0.39, 0.29) is 11.8 Å². The molecule has 2 aromatic carbocycles. The number of carbonyl (C=O) groups excluding carboxylic acids is 2. The van der Waals surface area contributed by atoms with Gasteiger partial charge in [0.25, 0.3) is 5.91 Å². The number of nitrogens with zero attached hydrogens (tertiary/aromatic N) is 3. The number of hydrogen-bond acceptors (Lipinski definition) is 3. The molecule has 0 radical (unpaired) electrons. The van der Waals surface area contributed by atoms with Crippen LogP contribution in [0.15, 0.2) is 54.6 Å². The molecule has 2 amide bonds. The average Bonchev–Trinajstić information content (AvgIpc) is 3.24. The second-order valence-corrected chi connectivity index (χ2v) is 9.04. The van der Waals surface area contributed by atoms with Gasteiger partial charge in [-0.25, -0.2) is 0 Å². The zero-order valence-corrected chi connectivity index (χ0v) is 18.1. The Morgan fingerprint density at radius 3 is 2.19 bits per heavy atom. The molecule has 1 atom stereocenters. The molecule has 5 heteroatoms. The summed E-state index contributed by atoms with van der Waals surface area (Å²) in [4.78, 5) is 33.3. The fourth-order valence-corrected chi connectivity index (χ4v) is 5.52. The molecular formula is C26H31N3O2. The third kappa shape index (κ3) is 3.99. The lowest BCUT2D eigenvalue weighted by Gasteiger charge is -2.42. The summed E-state index contributed by atoms with van der Waals surface area (Å²) in [7, 11) is 0. The van der Waals surface area contributed by atoms with Crippen molar-refractivity contribution in [1.82, 2.24) is 9.80 Å². The molecule has 0 N–H and O–H groups in total. The first-order valence-electron chi connectivity index (χ1n) is 11.7. The lowest BCUT2D eigenvalue weighted by Crippen LogP contribution is -2.57. The van der Waals surface area contributed by atoms with Crippen molar-refractivity contribution >= 4 is 17.5 Å². The van der Waals surface area contributed by atoms with Crippen LogP contribution in [0, 0.1) is 0 Å². The summed E-state index contributed by atoms with van der Waals surface area (Å²) in [5.74, 6) is -0.00600. The molecule has 2 aliphatic heterocycles. The van der Waals surface area contributed by atoms with Crippen LogP contribution in [0.2, 0.25) is 0 Å². The largest absolute Gasteiger partial charge is 0.338 e. The van der Waals surface area contributed by atoms with Crippen molar-refractivity contribution in [1.29, 1.82) is 0 Å². The highest BCUT2D eigenvalue weighted by atomic mass is 16.2. The van der Waals surface area contributed by atoms with Gasteiger partial charge in [0.1, 0.15) is 6.04 Å². The van der Waals surface area contributed by atoms with E-state index < -0.39 is 6.04 Å². The van der Waals surface area contributed by atoms with Crippen molar-refractivity contribution in [2.45, 2.75) is 50.6 Å². The summed E-state index contributed by atoms with van der Waals surface area (Å²) < 4.78 is 0. The molecule has 2 fully saturated rings. The van der Waals surface area contributed by atoms with Crippen LogP contribution in [-0.2, 0) is 11.2 Å². The zero-order valence-electron chi connectivity index (χ0n) is 18.1. The first-order valence-corrected chi connectivity index (χ1v) is 11.7. The van der Waals surface area contributed by atoms with E-state index in [9.17, 15) is 9.59 Å². The van der Waals surface area contributed by atoms with Gasteiger partial charge in [0.15, 0.2) is 0 Å². The molecule has 31 heavy (non-hydrogen) atoms. The van der Waals surface area contributed by atoms with Crippen LogP contribution < -0.4 is 4.90 Å². The van der Waals surface area contributed by atoms with E-state index in [1.165, 1.54) is 32.1 Å². The summed E-state index contributed by atoms with van der Waals surface area (Å²) in [6, 6.07) is 17.5. The van der Waals surface area contributed by atoms with Gasteiger partial charge < -0.3 is 4.90 Å². The standard InChI is InChI=1S/C26H31N3O2/c30-25(20-9-3-1-4-10-20)29-23-14-8-7-11-21(23)19-24(29)26(31)28-17-15-27(16-18-28)22-12-5-2-6-13-22/h1,3-4,7-11,14,22,24H,2,5-6,12-13,15-19H2. The monoisotopic (exact) mass is 417 g/mol. The molecule has 5 nitrogen and oxygen atoms in total. The van der Waals surface area contributed by atoms with E-state index in [4.69, 9.17) is 0 Å². The first kappa shape index (κ1) is 20.3. The number of piperazine rings is 1. The van der Waals surface area contributed by atoms with Gasteiger partial charge in [0.2, 0.25) is 5.91 Å². The van der Waals surface area contributed by atoms with Crippen molar-refractivity contribution in [3.05, 3.63) is 65.7 Å². The van der Waals surface area contributed by atoms with Gasteiger partial charge in [-0.2, -0.15) is 0 Å². The Morgan fingerprint density at radius 1 is 0.774 bits per heavy atom. The number of rotatable bonds is 3. The van der Waals surface area contributed by atoms with Crippen molar-refractivity contribution in [2.75, 3.05) is 31.1 Å². The third-order valence-electron chi connectivity index (χ3n) is 7.22. The van der Waals surface area contributed by atoms with Crippen molar-refractivity contribution in [3.8, 4) is 0 Å². The van der Waals surface area contributed by atoms with Crippen molar-refractivity contribution < 1.29 is 9.59 Å². The Kier molecular flexibility index (Phi) is 5.77. The lowest BCUT2D eigenvalue weighted by atomic mass is 9.94. The molecule has 2 heterocycles. The fraction of sp³-hybridized carbons (Fsp3) is 0.462. The Bertz CT molecular complexity index is 931. The number of hydrogen-bond donors (Lipinski definition) is 0. The van der Waals surface area contributed by atoms with E-state index >= 15 is 0 Å². The Labute approximate surface area is 184 Å². The highest BCUT2D eigenvalue weighted by Crippen LogP contribution is 2.34. The number of amides is 2. The smallest absolute Gasteiger partial charge is 0.259 e. The van der Waals surface area contributed by atoms with Crippen LogP contribution in [0.4, 0.5) is 5.69 Å². The molecule has 162 valence electrons. The second kappa shape index (κ2) is 8.83. The van der Waals surface area contributed by atoms with E-state index in [0.717, 1.165) is 37.4 Å². The minimum Gasteiger partial charge on any atom is -0.338 e. The van der Waals surface area contributed by atoms with E-state index in [0.29, 0.717) is 18.0 Å². The van der Waals surface area contributed by atoms with Crippen LogP contribution in [0.5, 0.6) is 0 Å². The fourth-order valence-electron chi connectivity index (χ4n) is 5.52. The predicted molar refractivity (Wildman–Crippen MR) is 122 cm³/mol. The molecule has 0 spiro atoms. The average molecular weight is 418 g/mol. The maximum atomic E-state index is 13.6. The predicted octanol–water partition coefficient (Wildman–Crippen LogP) is 3.74. The molecule has 1 saturated heterocycles. The number of fused-ring (bicyclic) bond motifs is 1. The zero-order chi connectivity index (χ0) is 21.2. The van der Waals surface area contributed by atoms with Gasteiger partial charge in [-0.3, -0.25) is 19.4 Å². The van der Waals surface area contributed by atoms with Crippen molar-refractivity contribution in [3.63, 3.8) is 0 Å². The van der Waals surface area contributed by atoms with Gasteiger partial charge >= 0.3 is 0 Å². The SMILES string of the molecule is O=C(C1Cc2ccccc2N1C(=O)c1ccccc1)N1CCN(C2CCCCC2)CC1. The van der Waals surface area contributed by atoms with Gasteiger partial charge in [-0.15, -0.1) is 0 Å². The van der Waals surface area contributed by atoms with Crippen LogP contribution in [0.1, 0.15) is 48.0 Å². The minimum absolute atomic E-state index is 0.0868. The summed E-state index contributed by atoms with van der Waals surface area (Å²) >= 11 is 0. The lowest BCUT2D eigenvalue weighted by molar-refractivity contribution is -0.134. The van der Waals surface area contributed by atoms with Crippen molar-refractivity contribution in [2.24, 2.45) is 0 Å². The summed E-state index contributed by atoms with van der Waals surface area (Å²) in [6.45, 7) is 3.41. The second-order valence-electron chi connectivity index (χ2n) is 9.04. The molecule has 2 aromatic rings. The first-order chi connectivity index (χ1) is 15.2. The van der Waals surface area contributed by atoms with Gasteiger partial charge in [0.05, 0.1) is 0 Å². The quantitative estimate of drug-likeness (QED) is 0.764. The Hall–Kier alpha value is -2.66. The molecule has 5 rings (SSSR count). The van der Waals surface area contributed by atoms with Crippen LogP contribution in [-0.4, -0.2) is 59.9 Å². The molecule has 0 aromatic heterocycles. The number of carbonyl (C=O) groups is 2. The van der Waals surface area contributed by atoms with Crippen LogP contribution in [0.25, 0.3) is 0 Å². The molecule has 1 unspecified atom stereocenters. The minimum atomic E-state index is -0.452. The van der Waals surface area contributed by atoms with Gasteiger partial charge in [-0.05, 0) is 36.6 Å². The van der Waals surface area contributed by atoms with Gasteiger partial charge in [0, 0.05) is 49.9 Å². The van der Waals surface area contributed by atoms with E-state index in [2.05, 4.69) is 4.90 Å². The summed E-state index contributed by atoms with van der Waals surface area (Å²) in [5.41, 5.74) is 2.57.